The van der Waals surface area contributed by atoms with E-state index in [9.17, 15) is 4.79 Å². The number of rotatable bonds is 3. The summed E-state index contributed by atoms with van der Waals surface area (Å²) >= 11 is 5.67. The molecule has 2 aromatic rings. The van der Waals surface area contributed by atoms with Crippen LogP contribution in [0.4, 0.5) is 5.69 Å². The van der Waals surface area contributed by atoms with Crippen LogP contribution in [-0.2, 0) is 9.53 Å². The topological polar surface area (TPSA) is 41.6 Å². The summed E-state index contributed by atoms with van der Waals surface area (Å²) in [6, 6.07) is 15.6. The zero-order valence-electron chi connectivity index (χ0n) is 15.4. The first-order chi connectivity index (χ1) is 12.4. The first kappa shape index (κ1) is 18.1. The molecule has 0 aromatic heterocycles. The Balaban J connectivity index is 2.18. The zero-order chi connectivity index (χ0) is 18.8. The maximum atomic E-state index is 12.6. The number of allylic oxidation sites excluding steroid dienone is 1. The van der Waals surface area contributed by atoms with Gasteiger partial charge in [-0.15, -0.1) is 0 Å². The number of nitrogens with one attached hydrogen (secondary N) is 1. The van der Waals surface area contributed by atoms with E-state index in [1.807, 2.05) is 56.0 Å². The van der Waals surface area contributed by atoms with E-state index in [1.54, 1.807) is 0 Å². The number of nitrogens with zero attached hydrogens (tertiary/aromatic N) is 1. The van der Waals surface area contributed by atoms with Gasteiger partial charge in [-0.2, -0.15) is 0 Å². The van der Waals surface area contributed by atoms with Gasteiger partial charge < -0.3 is 10.1 Å². The van der Waals surface area contributed by atoms with Gasteiger partial charge in [0.15, 0.2) is 5.11 Å². The lowest BCUT2D eigenvalue weighted by Gasteiger charge is -2.38. The lowest BCUT2D eigenvalue weighted by Crippen LogP contribution is -2.48. The molecule has 5 heteroatoms. The molecular formula is C21H22N2O2S. The number of hydrogen-bond acceptors (Lipinski definition) is 3. The van der Waals surface area contributed by atoms with Gasteiger partial charge in [-0.05, 0) is 55.7 Å². The van der Waals surface area contributed by atoms with Crippen molar-refractivity contribution in [2.45, 2.75) is 26.8 Å². The van der Waals surface area contributed by atoms with Crippen LogP contribution in [0.3, 0.4) is 0 Å². The SMILES string of the molecule is COC(=O)C1=C(C)N(c2cc(C)ccc2C)C(=S)N[C@@H]1c1ccccc1. The molecule has 4 nitrogen and oxygen atoms in total. The highest BCUT2D eigenvalue weighted by Gasteiger charge is 2.35. The van der Waals surface area contributed by atoms with Crippen molar-refractivity contribution >= 4 is 29.0 Å². The summed E-state index contributed by atoms with van der Waals surface area (Å²) in [7, 11) is 1.40. The number of carbonyl (C=O) groups excluding carboxylic acids is 1. The Bertz CT molecular complexity index is 890. The van der Waals surface area contributed by atoms with Crippen molar-refractivity contribution < 1.29 is 9.53 Å². The molecule has 2 aromatic carbocycles. The Hall–Kier alpha value is -2.66. The Labute approximate surface area is 159 Å². The summed E-state index contributed by atoms with van der Waals surface area (Å²) in [6.07, 6.45) is 0. The highest BCUT2D eigenvalue weighted by Crippen LogP contribution is 2.35. The third-order valence-corrected chi connectivity index (χ3v) is 4.93. The van der Waals surface area contributed by atoms with E-state index in [-0.39, 0.29) is 12.0 Å². The fourth-order valence-electron chi connectivity index (χ4n) is 3.26. The van der Waals surface area contributed by atoms with Crippen molar-refractivity contribution in [1.29, 1.82) is 0 Å². The largest absolute Gasteiger partial charge is 0.466 e. The minimum absolute atomic E-state index is 0.336. The van der Waals surface area contributed by atoms with Crippen molar-refractivity contribution in [2.75, 3.05) is 12.0 Å². The molecular weight excluding hydrogens is 344 g/mol. The second kappa shape index (κ2) is 7.30. The van der Waals surface area contributed by atoms with E-state index < -0.39 is 0 Å². The lowest BCUT2D eigenvalue weighted by atomic mass is 9.94. The van der Waals surface area contributed by atoms with E-state index in [0.717, 1.165) is 28.1 Å². The van der Waals surface area contributed by atoms with Crippen LogP contribution in [0.2, 0.25) is 0 Å². The fraction of sp³-hybridized carbons (Fsp3) is 0.238. The maximum Gasteiger partial charge on any atom is 0.337 e. The van der Waals surface area contributed by atoms with Gasteiger partial charge in [0.25, 0.3) is 0 Å². The molecule has 0 aliphatic carbocycles. The second-order valence-electron chi connectivity index (χ2n) is 6.41. The minimum atomic E-state index is -0.360. The Kier molecular flexibility index (Phi) is 5.09. The first-order valence-electron chi connectivity index (χ1n) is 8.46. The predicted octanol–water partition coefficient (Wildman–Crippen LogP) is 4.19. The standard InChI is InChI=1S/C21H22N2O2S/c1-13-10-11-14(2)17(12-13)23-15(3)18(20(24)25-4)19(22-21(23)26)16-8-6-5-7-9-16/h5-12,19H,1-4H3,(H,22,26)/t19-/m1/s1. The van der Waals surface area contributed by atoms with Gasteiger partial charge in [-0.1, -0.05) is 42.5 Å². The average molecular weight is 366 g/mol. The summed E-state index contributed by atoms with van der Waals surface area (Å²) in [5.74, 6) is -0.360. The van der Waals surface area contributed by atoms with E-state index in [2.05, 4.69) is 23.5 Å². The van der Waals surface area contributed by atoms with Crippen molar-refractivity contribution in [3.63, 3.8) is 0 Å². The third-order valence-electron chi connectivity index (χ3n) is 4.63. The molecule has 0 bridgehead atoms. The van der Waals surface area contributed by atoms with Crippen LogP contribution in [0.5, 0.6) is 0 Å². The normalized spacial score (nSPS) is 17.2. The highest BCUT2D eigenvalue weighted by atomic mass is 32.1. The van der Waals surface area contributed by atoms with Crippen molar-refractivity contribution in [2.24, 2.45) is 0 Å². The molecule has 0 amide bonds. The van der Waals surface area contributed by atoms with Crippen LogP contribution in [0.15, 0.2) is 59.8 Å². The van der Waals surface area contributed by atoms with Gasteiger partial charge in [-0.3, -0.25) is 4.90 Å². The summed E-state index contributed by atoms with van der Waals surface area (Å²) in [6.45, 7) is 5.99. The van der Waals surface area contributed by atoms with Crippen LogP contribution >= 0.6 is 12.2 Å². The second-order valence-corrected chi connectivity index (χ2v) is 6.80. The van der Waals surface area contributed by atoms with Gasteiger partial charge in [0, 0.05) is 5.70 Å². The fourth-order valence-corrected chi connectivity index (χ4v) is 3.62. The molecule has 0 radical (unpaired) electrons. The zero-order valence-corrected chi connectivity index (χ0v) is 16.2. The number of benzene rings is 2. The van der Waals surface area contributed by atoms with Crippen LogP contribution in [0, 0.1) is 13.8 Å². The van der Waals surface area contributed by atoms with Crippen LogP contribution in [-0.4, -0.2) is 18.2 Å². The first-order valence-corrected chi connectivity index (χ1v) is 8.86. The number of methoxy groups -OCH3 is 1. The quantitative estimate of drug-likeness (QED) is 0.652. The molecule has 0 saturated heterocycles. The van der Waals surface area contributed by atoms with Gasteiger partial charge in [-0.25, -0.2) is 4.79 Å². The number of anilines is 1. The van der Waals surface area contributed by atoms with Gasteiger partial charge >= 0.3 is 5.97 Å². The molecule has 26 heavy (non-hydrogen) atoms. The number of aryl methyl sites for hydroxylation is 2. The van der Waals surface area contributed by atoms with Crippen LogP contribution in [0.1, 0.15) is 29.7 Å². The minimum Gasteiger partial charge on any atom is -0.466 e. The molecule has 1 atom stereocenters. The van der Waals surface area contributed by atoms with E-state index in [4.69, 9.17) is 17.0 Å². The van der Waals surface area contributed by atoms with Gasteiger partial charge in [0.2, 0.25) is 0 Å². The van der Waals surface area contributed by atoms with E-state index in [0.29, 0.717) is 10.7 Å². The summed E-state index contributed by atoms with van der Waals surface area (Å²) < 4.78 is 5.08. The van der Waals surface area contributed by atoms with Crippen molar-refractivity contribution in [3.05, 3.63) is 76.5 Å². The Morgan fingerprint density at radius 2 is 1.81 bits per heavy atom. The monoisotopic (exact) mass is 366 g/mol. The number of hydrogen-bond donors (Lipinski definition) is 1. The highest BCUT2D eigenvalue weighted by molar-refractivity contribution is 7.80. The molecule has 0 saturated carbocycles. The maximum absolute atomic E-state index is 12.6. The van der Waals surface area contributed by atoms with Crippen LogP contribution in [0.25, 0.3) is 0 Å². The van der Waals surface area contributed by atoms with E-state index >= 15 is 0 Å². The van der Waals surface area contributed by atoms with Crippen molar-refractivity contribution in [3.8, 4) is 0 Å². The number of thiocarbonyl (C=S) groups is 1. The number of ether oxygens (including phenoxy) is 1. The number of carbonyl (C=O) groups is 1. The Morgan fingerprint density at radius 3 is 2.46 bits per heavy atom. The van der Waals surface area contributed by atoms with Gasteiger partial charge in [0.1, 0.15) is 0 Å². The summed E-state index contributed by atoms with van der Waals surface area (Å²) in [5, 5.41) is 3.89. The lowest BCUT2D eigenvalue weighted by molar-refractivity contribution is -0.136. The molecule has 134 valence electrons. The molecule has 1 N–H and O–H groups in total. The Morgan fingerprint density at radius 1 is 1.12 bits per heavy atom. The molecule has 1 aliphatic rings. The van der Waals surface area contributed by atoms with Crippen LogP contribution < -0.4 is 10.2 Å². The molecule has 1 aliphatic heterocycles. The average Bonchev–Trinajstić information content (AvgIpc) is 2.64. The van der Waals surface area contributed by atoms with Gasteiger partial charge in [0.05, 0.1) is 24.4 Å². The molecule has 3 rings (SSSR count). The molecule has 1 heterocycles. The molecule has 0 spiro atoms. The smallest absolute Gasteiger partial charge is 0.337 e. The van der Waals surface area contributed by atoms with E-state index in [1.165, 1.54) is 7.11 Å². The summed E-state index contributed by atoms with van der Waals surface area (Å²) in [4.78, 5) is 14.5. The third kappa shape index (κ3) is 3.22. The molecule has 0 unspecified atom stereocenters. The van der Waals surface area contributed by atoms with Crippen molar-refractivity contribution in [1.82, 2.24) is 5.32 Å². The predicted molar refractivity (Wildman–Crippen MR) is 108 cm³/mol. The molecule has 0 fully saturated rings. The summed E-state index contributed by atoms with van der Waals surface area (Å²) in [5.41, 5.74) is 5.49. The number of esters is 1.